The van der Waals surface area contributed by atoms with Crippen molar-refractivity contribution in [1.82, 2.24) is 20.2 Å². The van der Waals surface area contributed by atoms with E-state index in [2.05, 4.69) is 56.7 Å². The summed E-state index contributed by atoms with van der Waals surface area (Å²) in [6.45, 7) is 2.14. The molecule has 0 fully saturated rings. The summed E-state index contributed by atoms with van der Waals surface area (Å²) in [6.07, 6.45) is 2.77. The van der Waals surface area contributed by atoms with E-state index in [0.717, 1.165) is 28.7 Å². The second-order valence-corrected chi connectivity index (χ2v) is 4.33. The highest BCUT2D eigenvalue weighted by molar-refractivity contribution is 5.90. The van der Waals surface area contributed by atoms with Gasteiger partial charge in [0.1, 0.15) is 0 Å². The van der Waals surface area contributed by atoms with E-state index in [0.29, 0.717) is 5.95 Å². The molecule has 19 heavy (non-hydrogen) atoms. The Morgan fingerprint density at radius 1 is 1.26 bits per heavy atom. The van der Waals surface area contributed by atoms with Gasteiger partial charge in [-0.3, -0.25) is 5.10 Å². The minimum absolute atomic E-state index is 0.591. The van der Waals surface area contributed by atoms with Crippen molar-refractivity contribution >= 4 is 17.0 Å². The van der Waals surface area contributed by atoms with E-state index >= 15 is 0 Å². The van der Waals surface area contributed by atoms with Crippen LogP contribution in [-0.4, -0.2) is 27.2 Å². The van der Waals surface area contributed by atoms with Crippen LogP contribution in [0.15, 0.2) is 30.5 Å². The van der Waals surface area contributed by atoms with Crippen molar-refractivity contribution in [3.63, 3.8) is 0 Å². The second-order valence-electron chi connectivity index (χ2n) is 4.33. The Morgan fingerprint density at radius 3 is 2.95 bits per heavy atom. The molecule has 0 radical (unpaired) electrons. The molecule has 2 aromatic heterocycles. The molecule has 0 atom stereocenters. The van der Waals surface area contributed by atoms with Gasteiger partial charge in [-0.25, -0.2) is 4.98 Å². The molecule has 2 heterocycles. The predicted molar refractivity (Wildman–Crippen MR) is 76.0 cm³/mol. The maximum Gasteiger partial charge on any atom is 0.225 e. The van der Waals surface area contributed by atoms with Crippen molar-refractivity contribution in [3.05, 3.63) is 36.0 Å². The number of rotatable bonds is 3. The maximum absolute atomic E-state index is 4.56. The Morgan fingerprint density at radius 2 is 2.16 bits per heavy atom. The van der Waals surface area contributed by atoms with Gasteiger partial charge in [-0.1, -0.05) is 25.1 Å². The van der Waals surface area contributed by atoms with Crippen LogP contribution in [0.5, 0.6) is 0 Å². The number of anilines is 1. The van der Waals surface area contributed by atoms with Crippen molar-refractivity contribution in [1.29, 1.82) is 0 Å². The first-order chi connectivity index (χ1) is 9.31. The molecule has 96 valence electrons. The molecule has 3 rings (SSSR count). The Kier molecular flexibility index (Phi) is 2.87. The minimum Gasteiger partial charge on any atom is -0.357 e. The third-order valence-corrected chi connectivity index (χ3v) is 3.14. The van der Waals surface area contributed by atoms with Crippen LogP contribution in [0.3, 0.4) is 0 Å². The normalized spacial score (nSPS) is 10.8. The zero-order valence-corrected chi connectivity index (χ0v) is 10.9. The van der Waals surface area contributed by atoms with Gasteiger partial charge in [-0.05, 0) is 18.1 Å². The average Bonchev–Trinajstić information content (AvgIpc) is 2.94. The third-order valence-electron chi connectivity index (χ3n) is 3.14. The van der Waals surface area contributed by atoms with E-state index in [9.17, 15) is 0 Å². The second kappa shape index (κ2) is 4.68. The molecule has 0 saturated heterocycles. The lowest BCUT2D eigenvalue weighted by Gasteiger charge is -2.06. The fraction of sp³-hybridized carbons (Fsp3) is 0.214. The molecule has 3 aromatic rings. The molecule has 1 aromatic carbocycles. The molecule has 0 aliphatic heterocycles. The van der Waals surface area contributed by atoms with Gasteiger partial charge in [0.15, 0.2) is 5.65 Å². The van der Waals surface area contributed by atoms with Gasteiger partial charge in [-0.15, -0.1) is 0 Å². The summed E-state index contributed by atoms with van der Waals surface area (Å²) >= 11 is 0. The molecule has 5 heteroatoms. The Labute approximate surface area is 111 Å². The summed E-state index contributed by atoms with van der Waals surface area (Å²) in [5, 5.41) is 10.9. The number of aromatic nitrogens is 4. The summed E-state index contributed by atoms with van der Waals surface area (Å²) in [7, 11) is 1.81. The molecule has 0 unspecified atom stereocenters. The van der Waals surface area contributed by atoms with Gasteiger partial charge in [-0.2, -0.15) is 10.1 Å². The van der Waals surface area contributed by atoms with Gasteiger partial charge in [0, 0.05) is 12.6 Å². The summed E-state index contributed by atoms with van der Waals surface area (Å²) in [4.78, 5) is 8.90. The largest absolute Gasteiger partial charge is 0.357 e. The lowest BCUT2D eigenvalue weighted by Crippen LogP contribution is -1.98. The van der Waals surface area contributed by atoms with Crippen LogP contribution in [0.1, 0.15) is 12.5 Å². The van der Waals surface area contributed by atoms with Gasteiger partial charge in [0.2, 0.25) is 5.95 Å². The maximum atomic E-state index is 4.56. The predicted octanol–water partition coefficient (Wildman–Crippen LogP) is 2.62. The lowest BCUT2D eigenvalue weighted by atomic mass is 10.0. The van der Waals surface area contributed by atoms with E-state index in [4.69, 9.17) is 0 Å². The van der Waals surface area contributed by atoms with Gasteiger partial charge >= 0.3 is 0 Å². The topological polar surface area (TPSA) is 66.5 Å². The smallest absolute Gasteiger partial charge is 0.225 e. The zero-order chi connectivity index (χ0) is 13.2. The Hall–Kier alpha value is -2.43. The van der Waals surface area contributed by atoms with Crippen molar-refractivity contribution in [2.45, 2.75) is 13.3 Å². The lowest BCUT2D eigenvalue weighted by molar-refractivity contribution is 1.09. The third kappa shape index (κ3) is 2.03. The molecular formula is C14H15N5. The molecule has 0 spiro atoms. The quantitative estimate of drug-likeness (QED) is 0.753. The number of aryl methyl sites for hydroxylation is 1. The van der Waals surface area contributed by atoms with Crippen LogP contribution >= 0.6 is 0 Å². The molecule has 0 saturated carbocycles. The van der Waals surface area contributed by atoms with Crippen molar-refractivity contribution in [2.24, 2.45) is 0 Å². The molecule has 0 amide bonds. The van der Waals surface area contributed by atoms with E-state index in [-0.39, 0.29) is 0 Å². The highest BCUT2D eigenvalue weighted by atomic mass is 15.2. The number of hydrogen-bond acceptors (Lipinski definition) is 4. The van der Waals surface area contributed by atoms with Gasteiger partial charge in [0.05, 0.1) is 17.3 Å². The van der Waals surface area contributed by atoms with Gasteiger partial charge < -0.3 is 5.32 Å². The van der Waals surface area contributed by atoms with Crippen LogP contribution in [0.4, 0.5) is 5.95 Å². The van der Waals surface area contributed by atoms with Gasteiger partial charge in [0.25, 0.3) is 0 Å². The van der Waals surface area contributed by atoms with E-state index in [1.165, 1.54) is 5.56 Å². The van der Waals surface area contributed by atoms with E-state index < -0.39 is 0 Å². The van der Waals surface area contributed by atoms with E-state index in [1.807, 2.05) is 7.05 Å². The fourth-order valence-electron chi connectivity index (χ4n) is 2.11. The van der Waals surface area contributed by atoms with Crippen LogP contribution in [0.25, 0.3) is 22.3 Å². The monoisotopic (exact) mass is 253 g/mol. The highest BCUT2D eigenvalue weighted by Gasteiger charge is 2.11. The molecule has 0 bridgehead atoms. The Balaban J connectivity index is 2.24. The van der Waals surface area contributed by atoms with Crippen LogP contribution in [0, 0.1) is 0 Å². The number of H-pyrrole nitrogens is 1. The van der Waals surface area contributed by atoms with Crippen LogP contribution in [-0.2, 0) is 6.42 Å². The minimum atomic E-state index is 0.591. The molecule has 5 nitrogen and oxygen atoms in total. The number of nitrogens with one attached hydrogen (secondary N) is 2. The molecular weight excluding hydrogens is 238 g/mol. The molecule has 0 aliphatic rings. The molecule has 0 aliphatic carbocycles. The SMILES string of the molecule is CCc1cccc(-c2nc(NC)nc3[nH]ncc23)c1. The number of nitrogens with zero attached hydrogens (tertiary/aromatic N) is 3. The number of hydrogen-bond donors (Lipinski definition) is 2. The van der Waals surface area contributed by atoms with Crippen molar-refractivity contribution < 1.29 is 0 Å². The van der Waals surface area contributed by atoms with Crippen molar-refractivity contribution in [3.8, 4) is 11.3 Å². The Bertz CT molecular complexity index is 717. The van der Waals surface area contributed by atoms with E-state index in [1.54, 1.807) is 6.20 Å². The standard InChI is InChI=1S/C14H15N5/c1-3-9-5-4-6-10(7-9)12-11-8-16-19-13(11)18-14(15-2)17-12/h4-8H,3H2,1-2H3,(H2,15,16,17,18,19). The summed E-state index contributed by atoms with van der Waals surface area (Å²) in [5.41, 5.74) is 4.03. The van der Waals surface area contributed by atoms with Crippen LogP contribution in [0.2, 0.25) is 0 Å². The summed E-state index contributed by atoms with van der Waals surface area (Å²) < 4.78 is 0. The first kappa shape index (κ1) is 11.6. The summed E-state index contributed by atoms with van der Waals surface area (Å²) in [6, 6.07) is 8.40. The average molecular weight is 253 g/mol. The first-order valence-corrected chi connectivity index (χ1v) is 6.30. The fourth-order valence-corrected chi connectivity index (χ4v) is 2.11. The zero-order valence-electron chi connectivity index (χ0n) is 10.9. The van der Waals surface area contributed by atoms with Crippen LogP contribution < -0.4 is 5.32 Å². The summed E-state index contributed by atoms with van der Waals surface area (Å²) in [5.74, 6) is 0.591. The number of fused-ring (bicyclic) bond motifs is 1. The number of benzene rings is 1. The first-order valence-electron chi connectivity index (χ1n) is 6.30. The molecule has 2 N–H and O–H groups in total. The highest BCUT2D eigenvalue weighted by Crippen LogP contribution is 2.26. The number of aromatic amines is 1. The van der Waals surface area contributed by atoms with Crippen molar-refractivity contribution in [2.75, 3.05) is 12.4 Å².